The first-order valence-corrected chi connectivity index (χ1v) is 8.40. The summed E-state index contributed by atoms with van der Waals surface area (Å²) >= 11 is 0. The van der Waals surface area contributed by atoms with E-state index in [1.54, 1.807) is 24.8 Å². The second-order valence-corrected chi connectivity index (χ2v) is 5.89. The number of anilines is 1. The minimum atomic E-state index is -0.250. The van der Waals surface area contributed by atoms with E-state index in [1.807, 2.05) is 24.3 Å². The highest BCUT2D eigenvalue weighted by molar-refractivity contribution is 5.83. The molecular formula is C18H23N5O. The fourth-order valence-corrected chi connectivity index (χ4v) is 3.02. The van der Waals surface area contributed by atoms with Crippen molar-refractivity contribution in [2.75, 3.05) is 31.5 Å². The van der Waals surface area contributed by atoms with E-state index in [4.69, 9.17) is 0 Å². The zero-order valence-electron chi connectivity index (χ0n) is 13.7. The molecule has 24 heavy (non-hydrogen) atoms. The molecule has 0 aliphatic carbocycles. The standard InChI is InChI=1S/C18H23N5O/c24-18(22-10-9-21-16-6-4-8-20-14-16)17(23-11-1-2-12-23)15-5-3-7-19-13-15/h3-8,13-14,17,21H,1-2,9-12H2,(H,22,24)/t17-/m0/s1. The molecular weight excluding hydrogens is 302 g/mol. The maximum absolute atomic E-state index is 12.7. The Hall–Kier alpha value is -2.47. The predicted octanol–water partition coefficient (Wildman–Crippen LogP) is 1.84. The SMILES string of the molecule is O=C(NCCNc1cccnc1)[C@H](c1cccnc1)N1CCCC1. The maximum atomic E-state index is 12.7. The largest absolute Gasteiger partial charge is 0.382 e. The molecule has 1 fully saturated rings. The molecule has 1 amide bonds. The lowest BCUT2D eigenvalue weighted by Crippen LogP contribution is -2.40. The van der Waals surface area contributed by atoms with Crippen molar-refractivity contribution >= 4 is 11.6 Å². The zero-order valence-corrected chi connectivity index (χ0v) is 13.7. The van der Waals surface area contributed by atoms with E-state index in [9.17, 15) is 4.79 Å². The molecule has 0 aromatic carbocycles. The summed E-state index contributed by atoms with van der Waals surface area (Å²) in [5.41, 5.74) is 1.91. The fourth-order valence-electron chi connectivity index (χ4n) is 3.02. The average Bonchev–Trinajstić information content (AvgIpc) is 3.15. The van der Waals surface area contributed by atoms with Gasteiger partial charge in [0.1, 0.15) is 6.04 Å². The molecule has 0 spiro atoms. The number of likely N-dealkylation sites (tertiary alicyclic amines) is 1. The van der Waals surface area contributed by atoms with E-state index >= 15 is 0 Å². The van der Waals surface area contributed by atoms with E-state index in [0.717, 1.165) is 37.2 Å². The molecule has 1 saturated heterocycles. The second kappa shape index (κ2) is 8.40. The lowest BCUT2D eigenvalue weighted by molar-refractivity contribution is -0.126. The van der Waals surface area contributed by atoms with Gasteiger partial charge in [0.15, 0.2) is 0 Å². The van der Waals surface area contributed by atoms with Gasteiger partial charge >= 0.3 is 0 Å². The van der Waals surface area contributed by atoms with Crippen LogP contribution >= 0.6 is 0 Å². The number of carbonyl (C=O) groups excluding carboxylic acids is 1. The second-order valence-electron chi connectivity index (χ2n) is 5.89. The monoisotopic (exact) mass is 325 g/mol. The number of rotatable bonds is 7. The molecule has 6 nitrogen and oxygen atoms in total. The predicted molar refractivity (Wildman–Crippen MR) is 93.5 cm³/mol. The van der Waals surface area contributed by atoms with Gasteiger partial charge in [0.25, 0.3) is 0 Å². The van der Waals surface area contributed by atoms with Crippen LogP contribution in [0.1, 0.15) is 24.4 Å². The van der Waals surface area contributed by atoms with E-state index in [0.29, 0.717) is 13.1 Å². The number of pyridine rings is 2. The number of carbonyl (C=O) groups is 1. The van der Waals surface area contributed by atoms with E-state index in [1.165, 1.54) is 0 Å². The van der Waals surface area contributed by atoms with Gasteiger partial charge in [-0.25, -0.2) is 0 Å². The van der Waals surface area contributed by atoms with Gasteiger partial charge < -0.3 is 10.6 Å². The topological polar surface area (TPSA) is 70.1 Å². The summed E-state index contributed by atoms with van der Waals surface area (Å²) in [4.78, 5) is 23.2. The van der Waals surface area contributed by atoms with Crippen molar-refractivity contribution in [3.63, 3.8) is 0 Å². The van der Waals surface area contributed by atoms with Gasteiger partial charge in [-0.15, -0.1) is 0 Å². The van der Waals surface area contributed by atoms with Gasteiger partial charge in [0, 0.05) is 37.9 Å². The molecule has 3 heterocycles. The molecule has 3 rings (SSSR count). The molecule has 1 atom stereocenters. The molecule has 2 N–H and O–H groups in total. The van der Waals surface area contributed by atoms with Gasteiger partial charge in [0.2, 0.25) is 5.91 Å². The summed E-state index contributed by atoms with van der Waals surface area (Å²) in [5, 5.41) is 6.28. The Balaban J connectivity index is 1.55. The van der Waals surface area contributed by atoms with Crippen LogP contribution in [0.25, 0.3) is 0 Å². The van der Waals surface area contributed by atoms with E-state index in [-0.39, 0.29) is 11.9 Å². The Morgan fingerprint density at radius 3 is 2.50 bits per heavy atom. The lowest BCUT2D eigenvalue weighted by Gasteiger charge is -2.26. The van der Waals surface area contributed by atoms with Crippen LogP contribution < -0.4 is 10.6 Å². The molecule has 126 valence electrons. The van der Waals surface area contributed by atoms with Crippen LogP contribution in [0.3, 0.4) is 0 Å². The number of amides is 1. The molecule has 2 aromatic rings. The molecule has 0 bridgehead atoms. The zero-order chi connectivity index (χ0) is 16.6. The van der Waals surface area contributed by atoms with Crippen molar-refractivity contribution in [2.45, 2.75) is 18.9 Å². The van der Waals surface area contributed by atoms with Crippen molar-refractivity contribution in [1.29, 1.82) is 0 Å². The summed E-state index contributed by atoms with van der Waals surface area (Å²) < 4.78 is 0. The van der Waals surface area contributed by atoms with Crippen LogP contribution in [0.4, 0.5) is 5.69 Å². The number of hydrogen-bond acceptors (Lipinski definition) is 5. The third kappa shape index (κ3) is 4.29. The Kier molecular flexibility index (Phi) is 5.74. The molecule has 1 aliphatic rings. The van der Waals surface area contributed by atoms with Gasteiger partial charge in [0.05, 0.1) is 5.69 Å². The molecule has 0 radical (unpaired) electrons. The summed E-state index contributed by atoms with van der Waals surface area (Å²) in [6, 6.07) is 7.45. The molecule has 0 saturated carbocycles. The minimum absolute atomic E-state index is 0.0397. The highest BCUT2D eigenvalue weighted by Crippen LogP contribution is 2.24. The van der Waals surface area contributed by atoms with Crippen molar-refractivity contribution in [2.24, 2.45) is 0 Å². The first-order chi connectivity index (χ1) is 11.8. The fraction of sp³-hybridized carbons (Fsp3) is 0.389. The van der Waals surface area contributed by atoms with Crippen LogP contribution in [-0.2, 0) is 4.79 Å². The van der Waals surface area contributed by atoms with Gasteiger partial charge in [-0.3, -0.25) is 19.7 Å². The van der Waals surface area contributed by atoms with Crippen molar-refractivity contribution in [3.8, 4) is 0 Å². The van der Waals surface area contributed by atoms with Gasteiger partial charge in [-0.2, -0.15) is 0 Å². The maximum Gasteiger partial charge on any atom is 0.242 e. The van der Waals surface area contributed by atoms with Gasteiger partial charge in [-0.1, -0.05) is 6.07 Å². The van der Waals surface area contributed by atoms with Gasteiger partial charge in [-0.05, 0) is 49.7 Å². The van der Waals surface area contributed by atoms with Crippen LogP contribution in [0, 0.1) is 0 Å². The van der Waals surface area contributed by atoms with Crippen LogP contribution in [0.5, 0.6) is 0 Å². The number of aromatic nitrogens is 2. The smallest absolute Gasteiger partial charge is 0.242 e. The first-order valence-electron chi connectivity index (χ1n) is 8.40. The van der Waals surface area contributed by atoms with Crippen molar-refractivity contribution in [1.82, 2.24) is 20.2 Å². The van der Waals surface area contributed by atoms with E-state index in [2.05, 4.69) is 25.5 Å². The lowest BCUT2D eigenvalue weighted by atomic mass is 10.1. The van der Waals surface area contributed by atoms with Crippen molar-refractivity contribution in [3.05, 3.63) is 54.6 Å². The average molecular weight is 325 g/mol. The van der Waals surface area contributed by atoms with Crippen LogP contribution in [-0.4, -0.2) is 47.0 Å². The summed E-state index contributed by atoms with van der Waals surface area (Å²) in [6.45, 7) is 3.15. The highest BCUT2D eigenvalue weighted by atomic mass is 16.2. The molecule has 0 unspecified atom stereocenters. The van der Waals surface area contributed by atoms with Crippen LogP contribution in [0.2, 0.25) is 0 Å². The third-order valence-electron chi connectivity index (χ3n) is 4.17. The highest BCUT2D eigenvalue weighted by Gasteiger charge is 2.29. The number of nitrogens with zero attached hydrogens (tertiary/aromatic N) is 3. The number of nitrogens with one attached hydrogen (secondary N) is 2. The quantitative estimate of drug-likeness (QED) is 0.760. The minimum Gasteiger partial charge on any atom is -0.382 e. The van der Waals surface area contributed by atoms with Crippen molar-refractivity contribution < 1.29 is 4.79 Å². The first kappa shape index (κ1) is 16.4. The molecule has 2 aromatic heterocycles. The van der Waals surface area contributed by atoms with E-state index < -0.39 is 0 Å². The normalized spacial score (nSPS) is 15.8. The summed E-state index contributed by atoms with van der Waals surface area (Å²) in [5.74, 6) is 0.0397. The molecule has 1 aliphatic heterocycles. The Morgan fingerprint density at radius 1 is 1.08 bits per heavy atom. The summed E-state index contributed by atoms with van der Waals surface area (Å²) in [7, 11) is 0. The summed E-state index contributed by atoms with van der Waals surface area (Å²) in [6.07, 6.45) is 9.32. The van der Waals surface area contributed by atoms with Crippen LogP contribution in [0.15, 0.2) is 49.1 Å². The molecule has 6 heteroatoms. The Bertz CT molecular complexity index is 628. The Labute approximate surface area is 142 Å². The third-order valence-corrected chi connectivity index (χ3v) is 4.17. The number of hydrogen-bond donors (Lipinski definition) is 2. The Morgan fingerprint density at radius 2 is 1.83 bits per heavy atom.